The molecule has 0 atom stereocenters. The number of aliphatic hydroxyl groups excluding tert-OH is 2. The van der Waals surface area contributed by atoms with Gasteiger partial charge in [-0.15, -0.1) is 0 Å². The van der Waals surface area contributed by atoms with Crippen molar-refractivity contribution in [3.63, 3.8) is 0 Å². The molecule has 138 valence electrons. The Morgan fingerprint density at radius 1 is 0.833 bits per heavy atom. The Hall–Kier alpha value is -0.610. The molecule has 0 spiro atoms. The highest BCUT2D eigenvalue weighted by molar-refractivity contribution is 6.13. The van der Waals surface area contributed by atoms with Gasteiger partial charge in [0.1, 0.15) is 0 Å². The molecule has 1 rings (SSSR count). The molecule has 0 aliphatic carbocycles. The van der Waals surface area contributed by atoms with Crippen molar-refractivity contribution in [3.8, 4) is 0 Å². The summed E-state index contributed by atoms with van der Waals surface area (Å²) in [4.78, 5) is 2.52. The average molecular weight is 356 g/mol. The van der Waals surface area contributed by atoms with Crippen LogP contribution in [0.1, 0.15) is 69.4 Å². The standard InChI is InChI=1S/C20H34ClNO2/c1-2-3-4-5-6-7-8-9-18-10-12-19(13-11-18)14-15-20(16-23,17-24)22-21/h10-13,22-24H,2-9,14-17H2,1H3. The van der Waals surface area contributed by atoms with Gasteiger partial charge in [0.2, 0.25) is 0 Å². The SMILES string of the molecule is CCCCCCCCCc1ccc(CCC(CO)(CO)NCl)cc1. The predicted octanol–water partition coefficient (Wildman–Crippen LogP) is 4.38. The van der Waals surface area contributed by atoms with Gasteiger partial charge in [0.15, 0.2) is 0 Å². The van der Waals surface area contributed by atoms with Gasteiger partial charge in [-0.1, -0.05) is 69.7 Å². The van der Waals surface area contributed by atoms with Crippen molar-refractivity contribution in [2.45, 2.75) is 76.7 Å². The highest BCUT2D eigenvalue weighted by atomic mass is 35.5. The van der Waals surface area contributed by atoms with E-state index in [1.807, 2.05) is 0 Å². The first-order valence-corrected chi connectivity index (χ1v) is 9.75. The summed E-state index contributed by atoms with van der Waals surface area (Å²) in [6, 6.07) is 8.68. The van der Waals surface area contributed by atoms with E-state index in [4.69, 9.17) is 11.8 Å². The number of aliphatic hydroxyl groups is 2. The molecule has 0 aromatic heterocycles. The summed E-state index contributed by atoms with van der Waals surface area (Å²) >= 11 is 5.66. The topological polar surface area (TPSA) is 52.5 Å². The van der Waals surface area contributed by atoms with Gasteiger partial charge in [-0.3, -0.25) is 0 Å². The molecule has 24 heavy (non-hydrogen) atoms. The van der Waals surface area contributed by atoms with E-state index in [2.05, 4.69) is 36.0 Å². The van der Waals surface area contributed by atoms with Crippen LogP contribution >= 0.6 is 11.8 Å². The molecule has 0 aliphatic rings. The lowest BCUT2D eigenvalue weighted by Gasteiger charge is -2.27. The predicted molar refractivity (Wildman–Crippen MR) is 102 cm³/mol. The second-order valence-corrected chi connectivity index (χ2v) is 7.07. The Balaban J connectivity index is 2.28. The van der Waals surface area contributed by atoms with Crippen LogP contribution < -0.4 is 4.84 Å². The van der Waals surface area contributed by atoms with E-state index in [0.29, 0.717) is 6.42 Å². The fraction of sp³-hybridized carbons (Fsp3) is 0.700. The number of aryl methyl sites for hydroxylation is 2. The summed E-state index contributed by atoms with van der Waals surface area (Å²) in [5.74, 6) is 0. The summed E-state index contributed by atoms with van der Waals surface area (Å²) in [5, 5.41) is 18.8. The largest absolute Gasteiger partial charge is 0.394 e. The van der Waals surface area contributed by atoms with Crippen LogP contribution in [0.5, 0.6) is 0 Å². The molecule has 0 bridgehead atoms. The van der Waals surface area contributed by atoms with Crippen molar-refractivity contribution in [1.82, 2.24) is 4.84 Å². The molecule has 0 aliphatic heterocycles. The lowest BCUT2D eigenvalue weighted by Crippen LogP contribution is -2.47. The summed E-state index contributed by atoms with van der Waals surface area (Å²) in [7, 11) is 0. The van der Waals surface area contributed by atoms with Gasteiger partial charge < -0.3 is 10.2 Å². The lowest BCUT2D eigenvalue weighted by molar-refractivity contribution is 0.103. The van der Waals surface area contributed by atoms with E-state index >= 15 is 0 Å². The highest BCUT2D eigenvalue weighted by Crippen LogP contribution is 2.17. The lowest BCUT2D eigenvalue weighted by atomic mass is 9.93. The van der Waals surface area contributed by atoms with Gasteiger partial charge in [-0.25, -0.2) is 4.84 Å². The number of hydrogen-bond acceptors (Lipinski definition) is 3. The molecule has 0 radical (unpaired) electrons. The smallest absolute Gasteiger partial charge is 0.0795 e. The molecule has 0 heterocycles. The Kier molecular flexibility index (Phi) is 11.4. The Bertz CT molecular complexity index is 410. The van der Waals surface area contributed by atoms with Gasteiger partial charge in [-0.2, -0.15) is 0 Å². The summed E-state index contributed by atoms with van der Waals surface area (Å²) in [6.45, 7) is 1.90. The van der Waals surface area contributed by atoms with Crippen molar-refractivity contribution in [2.24, 2.45) is 0 Å². The van der Waals surface area contributed by atoms with Crippen molar-refractivity contribution < 1.29 is 10.2 Å². The number of hydrogen-bond donors (Lipinski definition) is 3. The molecule has 1 aromatic rings. The van der Waals surface area contributed by atoms with Crippen LogP contribution in [0.4, 0.5) is 0 Å². The number of halogens is 1. The fourth-order valence-electron chi connectivity index (χ4n) is 2.86. The zero-order valence-electron chi connectivity index (χ0n) is 15.1. The molecule has 0 amide bonds. The second kappa shape index (κ2) is 12.7. The third-order valence-electron chi connectivity index (χ3n) is 4.79. The van der Waals surface area contributed by atoms with Crippen LogP contribution in [0.3, 0.4) is 0 Å². The minimum atomic E-state index is -0.808. The fourth-order valence-corrected chi connectivity index (χ4v) is 3.07. The number of benzene rings is 1. The molecule has 0 fully saturated rings. The van der Waals surface area contributed by atoms with Crippen LogP contribution in [0.25, 0.3) is 0 Å². The average Bonchev–Trinajstić information content (AvgIpc) is 2.64. The summed E-state index contributed by atoms with van der Waals surface area (Å²) in [5.41, 5.74) is 1.78. The Labute approximate surface area is 152 Å². The molecule has 0 saturated carbocycles. The van der Waals surface area contributed by atoms with Gasteiger partial charge >= 0.3 is 0 Å². The first-order valence-electron chi connectivity index (χ1n) is 9.37. The highest BCUT2D eigenvalue weighted by Gasteiger charge is 2.27. The first kappa shape index (κ1) is 21.4. The van der Waals surface area contributed by atoms with E-state index in [0.717, 1.165) is 12.8 Å². The minimum absolute atomic E-state index is 0.177. The van der Waals surface area contributed by atoms with E-state index in [1.165, 1.54) is 56.1 Å². The quantitative estimate of drug-likeness (QED) is 0.343. The molecule has 1 aromatic carbocycles. The van der Waals surface area contributed by atoms with E-state index < -0.39 is 5.54 Å². The molecule has 4 heteroatoms. The maximum Gasteiger partial charge on any atom is 0.0795 e. The van der Waals surface area contributed by atoms with Crippen molar-refractivity contribution >= 4 is 11.8 Å². The van der Waals surface area contributed by atoms with Crippen molar-refractivity contribution in [2.75, 3.05) is 13.2 Å². The Morgan fingerprint density at radius 2 is 1.33 bits per heavy atom. The van der Waals surface area contributed by atoms with E-state index in [-0.39, 0.29) is 13.2 Å². The third kappa shape index (κ3) is 7.98. The maximum atomic E-state index is 9.38. The third-order valence-corrected chi connectivity index (χ3v) is 5.19. The minimum Gasteiger partial charge on any atom is -0.394 e. The zero-order valence-corrected chi connectivity index (χ0v) is 15.8. The van der Waals surface area contributed by atoms with Crippen molar-refractivity contribution in [1.29, 1.82) is 0 Å². The zero-order chi connectivity index (χ0) is 17.7. The first-order chi connectivity index (χ1) is 11.7. The normalized spacial score (nSPS) is 11.8. The van der Waals surface area contributed by atoms with E-state index in [9.17, 15) is 10.2 Å². The molecule has 3 nitrogen and oxygen atoms in total. The molecule has 0 unspecified atom stereocenters. The molecule has 3 N–H and O–H groups in total. The summed E-state index contributed by atoms with van der Waals surface area (Å²) < 4.78 is 0. The number of nitrogens with one attached hydrogen (secondary N) is 1. The van der Waals surface area contributed by atoms with Gasteiger partial charge in [0.05, 0.1) is 18.8 Å². The molecule has 0 saturated heterocycles. The van der Waals surface area contributed by atoms with Crippen LogP contribution in [-0.4, -0.2) is 29.0 Å². The van der Waals surface area contributed by atoms with Crippen LogP contribution in [0, 0.1) is 0 Å². The molecular formula is C20H34ClNO2. The van der Waals surface area contributed by atoms with Gasteiger partial charge in [0, 0.05) is 0 Å². The van der Waals surface area contributed by atoms with Crippen molar-refractivity contribution in [3.05, 3.63) is 35.4 Å². The Morgan fingerprint density at radius 3 is 1.83 bits per heavy atom. The number of rotatable bonds is 14. The van der Waals surface area contributed by atoms with Gasteiger partial charge in [-0.05, 0) is 48.6 Å². The molecular weight excluding hydrogens is 322 g/mol. The van der Waals surface area contributed by atoms with Crippen LogP contribution in [-0.2, 0) is 12.8 Å². The maximum absolute atomic E-state index is 9.38. The van der Waals surface area contributed by atoms with Gasteiger partial charge in [0.25, 0.3) is 0 Å². The number of unbranched alkanes of at least 4 members (excludes halogenated alkanes) is 6. The summed E-state index contributed by atoms with van der Waals surface area (Å²) in [6.07, 6.45) is 11.9. The second-order valence-electron chi connectivity index (χ2n) is 6.88. The monoisotopic (exact) mass is 355 g/mol. The van der Waals surface area contributed by atoms with Crippen LogP contribution in [0.2, 0.25) is 0 Å². The van der Waals surface area contributed by atoms with E-state index in [1.54, 1.807) is 0 Å². The van der Waals surface area contributed by atoms with Crippen LogP contribution in [0.15, 0.2) is 24.3 Å².